The predicted octanol–water partition coefficient (Wildman–Crippen LogP) is 3.12. The van der Waals surface area contributed by atoms with Crippen molar-refractivity contribution < 1.29 is 5.11 Å². The number of aliphatic hydroxyl groups excluding tert-OH is 1. The van der Waals surface area contributed by atoms with Crippen LogP contribution in [0, 0.1) is 5.92 Å². The van der Waals surface area contributed by atoms with E-state index in [1.165, 1.54) is 38.5 Å². The third-order valence-corrected chi connectivity index (χ3v) is 3.10. The van der Waals surface area contributed by atoms with E-state index in [1.807, 2.05) is 0 Å². The summed E-state index contributed by atoms with van der Waals surface area (Å²) >= 11 is 0. The number of rotatable bonds is 5. The van der Waals surface area contributed by atoms with Crippen molar-refractivity contribution in [1.29, 1.82) is 0 Å². The molecular formula is C11H22O. The Morgan fingerprint density at radius 3 is 2.58 bits per heavy atom. The van der Waals surface area contributed by atoms with Gasteiger partial charge < -0.3 is 5.11 Å². The third-order valence-electron chi connectivity index (χ3n) is 3.10. The molecule has 0 aromatic carbocycles. The van der Waals surface area contributed by atoms with E-state index in [4.69, 9.17) is 0 Å². The van der Waals surface area contributed by atoms with Gasteiger partial charge in [0.2, 0.25) is 0 Å². The van der Waals surface area contributed by atoms with Crippen molar-refractivity contribution in [2.24, 2.45) is 5.92 Å². The molecule has 1 N–H and O–H groups in total. The van der Waals surface area contributed by atoms with Gasteiger partial charge in [0, 0.05) is 0 Å². The topological polar surface area (TPSA) is 20.2 Å². The lowest BCUT2D eigenvalue weighted by atomic mass is 9.99. The molecule has 1 unspecified atom stereocenters. The molecule has 0 radical (unpaired) electrons. The largest absolute Gasteiger partial charge is 0.393 e. The molecule has 0 heterocycles. The second-order valence-corrected chi connectivity index (χ2v) is 4.14. The lowest BCUT2D eigenvalue weighted by Gasteiger charge is -2.10. The average Bonchev–Trinajstić information content (AvgIpc) is 2.57. The minimum atomic E-state index is -0.0357. The summed E-state index contributed by atoms with van der Waals surface area (Å²) in [7, 11) is 0. The van der Waals surface area contributed by atoms with Crippen LogP contribution < -0.4 is 0 Å². The highest BCUT2D eigenvalue weighted by atomic mass is 16.3. The molecule has 12 heavy (non-hydrogen) atoms. The summed E-state index contributed by atoms with van der Waals surface area (Å²) in [5.74, 6) is 0.994. The van der Waals surface area contributed by atoms with Crippen molar-refractivity contribution in [2.45, 2.75) is 64.4 Å². The van der Waals surface area contributed by atoms with Crippen molar-refractivity contribution in [3.05, 3.63) is 0 Å². The fourth-order valence-corrected chi connectivity index (χ4v) is 2.15. The maximum absolute atomic E-state index is 9.33. The highest BCUT2D eigenvalue weighted by molar-refractivity contribution is 4.67. The van der Waals surface area contributed by atoms with Crippen LogP contribution in [-0.2, 0) is 0 Å². The Labute approximate surface area is 76.2 Å². The van der Waals surface area contributed by atoms with Crippen LogP contribution in [0.5, 0.6) is 0 Å². The van der Waals surface area contributed by atoms with Crippen LogP contribution >= 0.6 is 0 Å². The first-order valence-corrected chi connectivity index (χ1v) is 5.51. The van der Waals surface area contributed by atoms with E-state index in [0.717, 1.165) is 18.8 Å². The molecule has 0 aliphatic heterocycles. The van der Waals surface area contributed by atoms with Gasteiger partial charge in [-0.3, -0.25) is 0 Å². The van der Waals surface area contributed by atoms with E-state index in [1.54, 1.807) is 0 Å². The van der Waals surface area contributed by atoms with Crippen molar-refractivity contribution >= 4 is 0 Å². The first kappa shape index (κ1) is 10.0. The second-order valence-electron chi connectivity index (χ2n) is 4.14. The van der Waals surface area contributed by atoms with Crippen LogP contribution in [0.4, 0.5) is 0 Å². The van der Waals surface area contributed by atoms with Crippen LogP contribution in [0.3, 0.4) is 0 Å². The van der Waals surface area contributed by atoms with Crippen molar-refractivity contribution in [1.82, 2.24) is 0 Å². The fraction of sp³-hybridized carbons (Fsp3) is 1.00. The average molecular weight is 170 g/mol. The smallest absolute Gasteiger partial charge is 0.0537 e. The number of aliphatic hydroxyl groups is 1. The first-order chi connectivity index (χ1) is 5.83. The summed E-state index contributed by atoms with van der Waals surface area (Å²) in [6, 6.07) is 0. The highest BCUT2D eigenvalue weighted by Gasteiger charge is 2.14. The van der Waals surface area contributed by atoms with E-state index >= 15 is 0 Å². The first-order valence-electron chi connectivity index (χ1n) is 5.51. The lowest BCUT2D eigenvalue weighted by Crippen LogP contribution is -2.04. The lowest BCUT2D eigenvalue weighted by molar-refractivity contribution is 0.154. The van der Waals surface area contributed by atoms with Gasteiger partial charge in [-0.2, -0.15) is 0 Å². The molecule has 1 nitrogen and oxygen atoms in total. The van der Waals surface area contributed by atoms with Crippen LogP contribution in [0.15, 0.2) is 0 Å². The molecule has 0 spiro atoms. The summed E-state index contributed by atoms with van der Waals surface area (Å²) in [5.41, 5.74) is 0. The Hall–Kier alpha value is -0.0400. The summed E-state index contributed by atoms with van der Waals surface area (Å²) in [5, 5.41) is 9.33. The summed E-state index contributed by atoms with van der Waals surface area (Å²) < 4.78 is 0. The van der Waals surface area contributed by atoms with Gasteiger partial charge in [-0.15, -0.1) is 0 Å². The molecule has 72 valence electrons. The minimum Gasteiger partial charge on any atom is -0.393 e. The molecule has 1 rings (SSSR count). The normalized spacial score (nSPS) is 21.5. The summed E-state index contributed by atoms with van der Waals surface area (Å²) in [6.45, 7) is 2.06. The number of hydrogen-bond acceptors (Lipinski definition) is 1. The standard InChI is InChI=1S/C11H22O/c1-2-11(12)9-5-8-10-6-3-4-7-10/h10-12H,2-9H2,1H3. The van der Waals surface area contributed by atoms with Crippen LogP contribution in [0.1, 0.15) is 58.3 Å². The molecule has 0 aromatic heterocycles. The molecule has 0 aromatic rings. The molecule has 1 saturated carbocycles. The van der Waals surface area contributed by atoms with E-state index < -0.39 is 0 Å². The van der Waals surface area contributed by atoms with Crippen LogP contribution in [0.25, 0.3) is 0 Å². The van der Waals surface area contributed by atoms with Crippen LogP contribution in [-0.4, -0.2) is 11.2 Å². The van der Waals surface area contributed by atoms with Gasteiger partial charge in [0.1, 0.15) is 0 Å². The Morgan fingerprint density at radius 1 is 1.33 bits per heavy atom. The monoisotopic (exact) mass is 170 g/mol. The third kappa shape index (κ3) is 3.57. The zero-order valence-electron chi connectivity index (χ0n) is 8.26. The van der Waals surface area contributed by atoms with E-state index in [-0.39, 0.29) is 6.10 Å². The van der Waals surface area contributed by atoms with Crippen LogP contribution in [0.2, 0.25) is 0 Å². The van der Waals surface area contributed by atoms with Gasteiger partial charge in [0.25, 0.3) is 0 Å². The van der Waals surface area contributed by atoms with Gasteiger partial charge in [0.05, 0.1) is 6.10 Å². The maximum Gasteiger partial charge on any atom is 0.0537 e. The predicted molar refractivity (Wildman–Crippen MR) is 52.1 cm³/mol. The Kier molecular flexibility index (Phi) is 4.67. The fourth-order valence-electron chi connectivity index (χ4n) is 2.15. The van der Waals surface area contributed by atoms with Gasteiger partial charge in [-0.1, -0.05) is 45.4 Å². The maximum atomic E-state index is 9.33. The molecule has 1 atom stereocenters. The molecule has 1 fully saturated rings. The quantitative estimate of drug-likeness (QED) is 0.672. The van der Waals surface area contributed by atoms with Gasteiger partial charge in [0.15, 0.2) is 0 Å². The molecule has 0 amide bonds. The van der Waals surface area contributed by atoms with E-state index in [9.17, 15) is 5.11 Å². The second kappa shape index (κ2) is 5.58. The SMILES string of the molecule is CCC(O)CCCC1CCCC1. The minimum absolute atomic E-state index is 0.0357. The summed E-state index contributed by atoms with van der Waals surface area (Å²) in [6.07, 6.45) is 10.3. The molecule has 1 heteroatoms. The molecular weight excluding hydrogens is 148 g/mol. The zero-order valence-corrected chi connectivity index (χ0v) is 8.26. The Bertz CT molecular complexity index is 106. The summed E-state index contributed by atoms with van der Waals surface area (Å²) in [4.78, 5) is 0. The van der Waals surface area contributed by atoms with E-state index in [2.05, 4.69) is 6.92 Å². The van der Waals surface area contributed by atoms with Crippen molar-refractivity contribution in [2.75, 3.05) is 0 Å². The molecule has 0 bridgehead atoms. The van der Waals surface area contributed by atoms with Crippen molar-refractivity contribution in [3.8, 4) is 0 Å². The van der Waals surface area contributed by atoms with Gasteiger partial charge >= 0.3 is 0 Å². The highest BCUT2D eigenvalue weighted by Crippen LogP contribution is 2.29. The van der Waals surface area contributed by atoms with E-state index in [0.29, 0.717) is 0 Å². The zero-order chi connectivity index (χ0) is 8.81. The Morgan fingerprint density at radius 2 is 2.00 bits per heavy atom. The van der Waals surface area contributed by atoms with Crippen molar-refractivity contribution in [3.63, 3.8) is 0 Å². The van der Waals surface area contributed by atoms with Gasteiger partial charge in [-0.25, -0.2) is 0 Å². The van der Waals surface area contributed by atoms with Gasteiger partial charge in [-0.05, 0) is 18.8 Å². The molecule has 0 saturated heterocycles. The Balaban J connectivity index is 1.94. The molecule has 1 aliphatic carbocycles. The molecule has 1 aliphatic rings. The number of hydrogen-bond donors (Lipinski definition) is 1.